The Kier molecular flexibility index (Phi) is 5.25. The molecule has 0 fully saturated rings. The number of hydrogen-bond acceptors (Lipinski definition) is 4. The second kappa shape index (κ2) is 7.63. The molecule has 2 heterocycles. The first-order valence-electron chi connectivity index (χ1n) is 8.64. The minimum atomic E-state index is -1.15. The number of carbonyl (C=O) groups is 2. The van der Waals surface area contributed by atoms with Gasteiger partial charge in [-0.3, -0.25) is 14.2 Å². The summed E-state index contributed by atoms with van der Waals surface area (Å²) in [6.07, 6.45) is 1.45. The van der Waals surface area contributed by atoms with Crippen LogP contribution in [0.25, 0.3) is 0 Å². The highest BCUT2D eigenvalue weighted by molar-refractivity contribution is 5.94. The number of carbonyl (C=O) groups excluding carboxylic acids is 1. The molecule has 3 aromatic rings. The molecule has 1 unspecified atom stereocenters. The van der Waals surface area contributed by atoms with Gasteiger partial charge in [-0.25, -0.2) is 9.18 Å². The van der Waals surface area contributed by atoms with E-state index in [2.05, 4.69) is 15.5 Å². The summed E-state index contributed by atoms with van der Waals surface area (Å²) in [5.41, 5.74) is 2.75. The number of carboxylic acid groups (broad SMARTS) is 1. The van der Waals surface area contributed by atoms with Crippen LogP contribution in [0.2, 0.25) is 0 Å². The average Bonchev–Trinajstić information content (AvgIpc) is 3.24. The van der Waals surface area contributed by atoms with E-state index in [1.807, 2.05) is 6.92 Å². The third kappa shape index (κ3) is 3.93. The number of rotatable bonds is 6. The standard InChI is InChI=1S/C19H20FN5O3/c1-11-17(12(2)25(22-11)10-14-4-6-15(20)7-5-14)21-18(26)13(3)24-9-8-16(23-24)19(27)28/h4-9,13H,10H2,1-3H3,(H,21,26)(H,27,28). The number of amides is 1. The van der Waals surface area contributed by atoms with Gasteiger partial charge >= 0.3 is 5.97 Å². The Hall–Kier alpha value is -3.49. The van der Waals surface area contributed by atoms with Gasteiger partial charge in [0.25, 0.3) is 0 Å². The lowest BCUT2D eigenvalue weighted by atomic mass is 10.2. The van der Waals surface area contributed by atoms with Crippen molar-refractivity contribution in [2.24, 2.45) is 0 Å². The van der Waals surface area contributed by atoms with Gasteiger partial charge in [-0.05, 0) is 44.5 Å². The predicted molar refractivity (Wildman–Crippen MR) is 99.7 cm³/mol. The third-order valence-corrected chi connectivity index (χ3v) is 4.48. The number of aromatic carboxylic acids is 1. The van der Waals surface area contributed by atoms with Crippen LogP contribution in [0.1, 0.15) is 40.4 Å². The topological polar surface area (TPSA) is 102 Å². The highest BCUT2D eigenvalue weighted by Crippen LogP contribution is 2.22. The molecule has 9 heteroatoms. The van der Waals surface area contributed by atoms with E-state index in [0.717, 1.165) is 11.3 Å². The number of aryl methyl sites for hydroxylation is 1. The zero-order valence-electron chi connectivity index (χ0n) is 15.7. The Labute approximate surface area is 160 Å². The fraction of sp³-hybridized carbons (Fsp3) is 0.263. The van der Waals surface area contributed by atoms with Gasteiger partial charge in [-0.2, -0.15) is 10.2 Å². The zero-order valence-corrected chi connectivity index (χ0v) is 15.7. The molecule has 146 valence electrons. The van der Waals surface area contributed by atoms with Crippen LogP contribution in [0.5, 0.6) is 0 Å². The van der Waals surface area contributed by atoms with E-state index < -0.39 is 12.0 Å². The predicted octanol–water partition coefficient (Wildman–Crippen LogP) is 2.78. The third-order valence-electron chi connectivity index (χ3n) is 4.48. The summed E-state index contributed by atoms with van der Waals surface area (Å²) in [6.45, 7) is 5.69. The molecular weight excluding hydrogens is 365 g/mol. The molecule has 3 rings (SSSR count). The average molecular weight is 385 g/mol. The molecule has 0 aliphatic carbocycles. The molecule has 1 atom stereocenters. The van der Waals surface area contributed by atoms with Gasteiger partial charge in [-0.1, -0.05) is 12.1 Å². The van der Waals surface area contributed by atoms with Crippen LogP contribution in [0.3, 0.4) is 0 Å². The quantitative estimate of drug-likeness (QED) is 0.679. The maximum atomic E-state index is 13.1. The largest absolute Gasteiger partial charge is 0.476 e. The van der Waals surface area contributed by atoms with Crippen molar-refractivity contribution in [3.63, 3.8) is 0 Å². The molecule has 1 aromatic carbocycles. The van der Waals surface area contributed by atoms with E-state index in [-0.39, 0.29) is 17.4 Å². The van der Waals surface area contributed by atoms with Gasteiger partial charge in [0, 0.05) is 6.20 Å². The van der Waals surface area contributed by atoms with Crippen molar-refractivity contribution in [2.45, 2.75) is 33.4 Å². The first kappa shape index (κ1) is 19.3. The Bertz CT molecular complexity index is 1020. The number of nitrogens with zero attached hydrogens (tertiary/aromatic N) is 4. The molecule has 0 aliphatic heterocycles. The second-order valence-electron chi connectivity index (χ2n) is 6.48. The lowest BCUT2D eigenvalue weighted by molar-refractivity contribution is -0.119. The summed E-state index contributed by atoms with van der Waals surface area (Å²) in [7, 11) is 0. The summed E-state index contributed by atoms with van der Waals surface area (Å²) >= 11 is 0. The zero-order chi connectivity index (χ0) is 20.4. The lowest BCUT2D eigenvalue weighted by Crippen LogP contribution is -2.25. The minimum absolute atomic E-state index is 0.126. The highest BCUT2D eigenvalue weighted by atomic mass is 19.1. The molecule has 28 heavy (non-hydrogen) atoms. The Morgan fingerprint density at radius 3 is 2.46 bits per heavy atom. The van der Waals surface area contributed by atoms with Crippen molar-refractivity contribution >= 4 is 17.6 Å². The van der Waals surface area contributed by atoms with E-state index in [4.69, 9.17) is 5.11 Å². The fourth-order valence-electron chi connectivity index (χ4n) is 2.81. The van der Waals surface area contributed by atoms with Gasteiger partial charge in [0.15, 0.2) is 5.69 Å². The van der Waals surface area contributed by atoms with E-state index in [1.165, 1.54) is 29.1 Å². The number of nitrogens with one attached hydrogen (secondary N) is 1. The van der Waals surface area contributed by atoms with Gasteiger partial charge in [0.1, 0.15) is 11.9 Å². The first-order chi connectivity index (χ1) is 13.3. The Morgan fingerprint density at radius 1 is 1.18 bits per heavy atom. The van der Waals surface area contributed by atoms with Crippen molar-refractivity contribution in [3.05, 3.63) is 65.0 Å². The molecule has 2 aromatic heterocycles. The van der Waals surface area contributed by atoms with E-state index in [9.17, 15) is 14.0 Å². The maximum absolute atomic E-state index is 13.1. The van der Waals surface area contributed by atoms with Gasteiger partial charge < -0.3 is 10.4 Å². The van der Waals surface area contributed by atoms with Crippen molar-refractivity contribution < 1.29 is 19.1 Å². The number of halogens is 1. The molecule has 0 saturated heterocycles. The first-order valence-corrected chi connectivity index (χ1v) is 8.64. The smallest absolute Gasteiger partial charge is 0.356 e. The van der Waals surface area contributed by atoms with Crippen LogP contribution in [0.4, 0.5) is 10.1 Å². The van der Waals surface area contributed by atoms with Crippen LogP contribution in [0, 0.1) is 19.7 Å². The highest BCUT2D eigenvalue weighted by Gasteiger charge is 2.21. The van der Waals surface area contributed by atoms with Gasteiger partial charge in [0.05, 0.1) is 23.6 Å². The van der Waals surface area contributed by atoms with Crippen molar-refractivity contribution in [3.8, 4) is 0 Å². The van der Waals surface area contributed by atoms with Crippen LogP contribution >= 0.6 is 0 Å². The van der Waals surface area contributed by atoms with Crippen LogP contribution in [-0.2, 0) is 11.3 Å². The molecule has 0 bridgehead atoms. The normalized spacial score (nSPS) is 12.0. The lowest BCUT2D eigenvalue weighted by Gasteiger charge is -2.13. The van der Waals surface area contributed by atoms with E-state index >= 15 is 0 Å². The summed E-state index contributed by atoms with van der Waals surface area (Å²) < 4.78 is 16.1. The SMILES string of the molecule is Cc1nn(Cc2ccc(F)cc2)c(C)c1NC(=O)C(C)n1ccc(C(=O)O)n1. The number of hydrogen-bond donors (Lipinski definition) is 2. The molecule has 0 radical (unpaired) electrons. The number of benzene rings is 1. The fourth-order valence-corrected chi connectivity index (χ4v) is 2.81. The van der Waals surface area contributed by atoms with Gasteiger partial charge in [0.2, 0.25) is 5.91 Å². The molecule has 1 amide bonds. The van der Waals surface area contributed by atoms with E-state index in [0.29, 0.717) is 17.9 Å². The summed E-state index contributed by atoms with van der Waals surface area (Å²) in [4.78, 5) is 23.6. The minimum Gasteiger partial charge on any atom is -0.476 e. The van der Waals surface area contributed by atoms with Crippen LogP contribution in [0.15, 0.2) is 36.5 Å². The summed E-state index contributed by atoms with van der Waals surface area (Å²) in [5, 5.41) is 20.1. The van der Waals surface area contributed by atoms with E-state index in [1.54, 1.807) is 30.7 Å². The summed E-state index contributed by atoms with van der Waals surface area (Å²) in [5.74, 6) is -1.79. The second-order valence-corrected chi connectivity index (χ2v) is 6.48. The molecule has 0 aliphatic rings. The van der Waals surface area contributed by atoms with Crippen molar-refractivity contribution in [1.29, 1.82) is 0 Å². The monoisotopic (exact) mass is 385 g/mol. The Morgan fingerprint density at radius 2 is 1.86 bits per heavy atom. The van der Waals surface area contributed by atoms with Crippen molar-refractivity contribution in [2.75, 3.05) is 5.32 Å². The number of anilines is 1. The summed E-state index contributed by atoms with van der Waals surface area (Å²) in [6, 6.07) is 6.78. The molecule has 0 saturated carbocycles. The molecule has 8 nitrogen and oxygen atoms in total. The van der Waals surface area contributed by atoms with Crippen molar-refractivity contribution in [1.82, 2.24) is 19.6 Å². The molecular formula is C19H20FN5O3. The molecule has 0 spiro atoms. The number of aromatic nitrogens is 4. The Balaban J connectivity index is 1.76. The van der Waals surface area contributed by atoms with Crippen LogP contribution in [-0.4, -0.2) is 36.5 Å². The maximum Gasteiger partial charge on any atom is 0.356 e. The van der Waals surface area contributed by atoms with Gasteiger partial charge in [-0.15, -0.1) is 0 Å². The number of carboxylic acids is 1. The molecule has 2 N–H and O–H groups in total. The van der Waals surface area contributed by atoms with Crippen LogP contribution < -0.4 is 5.32 Å².